The van der Waals surface area contributed by atoms with Gasteiger partial charge in [-0.2, -0.15) is 0 Å². The normalized spacial score (nSPS) is 21.8. The quantitative estimate of drug-likeness (QED) is 0.861. The third kappa shape index (κ3) is 2.63. The van der Waals surface area contributed by atoms with Crippen molar-refractivity contribution >= 4 is 5.69 Å². The van der Waals surface area contributed by atoms with Crippen molar-refractivity contribution < 1.29 is 0 Å². The van der Waals surface area contributed by atoms with E-state index in [1.165, 1.54) is 37.1 Å². The average Bonchev–Trinajstić information content (AvgIpc) is 2.86. The van der Waals surface area contributed by atoms with Crippen LogP contribution in [0.3, 0.4) is 0 Å². The van der Waals surface area contributed by atoms with Crippen LogP contribution in [0.4, 0.5) is 5.69 Å². The Balaban J connectivity index is 2.12. The van der Waals surface area contributed by atoms with Crippen LogP contribution in [-0.4, -0.2) is 12.6 Å². The van der Waals surface area contributed by atoms with E-state index in [1.54, 1.807) is 0 Å². The van der Waals surface area contributed by atoms with Crippen LogP contribution in [0, 0.1) is 0 Å². The minimum atomic E-state index is 0.185. The molecular weight excluding hydrogens is 208 g/mol. The van der Waals surface area contributed by atoms with Gasteiger partial charge < -0.3 is 10.6 Å². The van der Waals surface area contributed by atoms with E-state index >= 15 is 0 Å². The first-order valence-corrected chi connectivity index (χ1v) is 6.88. The highest BCUT2D eigenvalue weighted by Crippen LogP contribution is 2.28. The third-order valence-corrected chi connectivity index (χ3v) is 3.94. The van der Waals surface area contributed by atoms with Crippen LogP contribution in [0.15, 0.2) is 24.3 Å². The molecular formula is C15H24N2. The Morgan fingerprint density at radius 3 is 2.59 bits per heavy atom. The molecule has 2 rings (SSSR count). The molecule has 0 aromatic heterocycles. The highest BCUT2D eigenvalue weighted by Gasteiger charge is 2.22. The maximum Gasteiger partial charge on any atom is 0.0368 e. The van der Waals surface area contributed by atoms with Crippen molar-refractivity contribution in [3.8, 4) is 0 Å². The van der Waals surface area contributed by atoms with E-state index in [-0.39, 0.29) is 6.04 Å². The summed E-state index contributed by atoms with van der Waals surface area (Å²) in [5, 5.41) is 0. The second-order valence-corrected chi connectivity index (χ2v) is 5.00. The zero-order valence-electron chi connectivity index (χ0n) is 11.0. The highest BCUT2D eigenvalue weighted by molar-refractivity contribution is 5.49. The van der Waals surface area contributed by atoms with E-state index in [0.717, 1.165) is 12.5 Å². The molecule has 1 aromatic carbocycles. The van der Waals surface area contributed by atoms with E-state index in [9.17, 15) is 0 Å². The summed E-state index contributed by atoms with van der Waals surface area (Å²) >= 11 is 0. The lowest BCUT2D eigenvalue weighted by Crippen LogP contribution is -2.28. The van der Waals surface area contributed by atoms with Gasteiger partial charge in [0.25, 0.3) is 0 Å². The Labute approximate surface area is 105 Å². The van der Waals surface area contributed by atoms with Crippen LogP contribution >= 0.6 is 0 Å². The summed E-state index contributed by atoms with van der Waals surface area (Å²) in [5.41, 5.74) is 8.65. The Hall–Kier alpha value is -1.02. The van der Waals surface area contributed by atoms with Gasteiger partial charge in [0, 0.05) is 24.3 Å². The fraction of sp³-hybridized carbons (Fsp3) is 0.600. The Kier molecular flexibility index (Phi) is 4.06. The minimum Gasteiger partial charge on any atom is -0.369 e. The van der Waals surface area contributed by atoms with Gasteiger partial charge in [-0.05, 0) is 43.4 Å². The fourth-order valence-corrected chi connectivity index (χ4v) is 2.75. The Morgan fingerprint density at radius 2 is 2.00 bits per heavy atom. The number of hydrogen-bond acceptors (Lipinski definition) is 2. The molecule has 1 saturated heterocycles. The first kappa shape index (κ1) is 12.4. The molecule has 17 heavy (non-hydrogen) atoms. The number of nitrogens with two attached hydrogens (primary N) is 1. The summed E-state index contributed by atoms with van der Waals surface area (Å²) in [6.07, 6.45) is 4.92. The summed E-state index contributed by atoms with van der Waals surface area (Å²) < 4.78 is 0. The first-order valence-electron chi connectivity index (χ1n) is 6.88. The smallest absolute Gasteiger partial charge is 0.0368 e. The van der Waals surface area contributed by atoms with Gasteiger partial charge in [-0.1, -0.05) is 26.0 Å². The van der Waals surface area contributed by atoms with Crippen LogP contribution in [0.1, 0.15) is 51.1 Å². The fourth-order valence-electron chi connectivity index (χ4n) is 2.75. The number of hydrogen-bond donors (Lipinski definition) is 1. The Bertz CT molecular complexity index is 344. The molecule has 1 aliphatic rings. The molecule has 94 valence electrons. The predicted octanol–water partition coefficient (Wildman–Crippen LogP) is 3.48. The van der Waals surface area contributed by atoms with E-state index in [2.05, 4.69) is 43.0 Å². The molecule has 2 heteroatoms. The number of benzene rings is 1. The average molecular weight is 232 g/mol. The van der Waals surface area contributed by atoms with Crippen molar-refractivity contribution in [1.82, 2.24) is 0 Å². The van der Waals surface area contributed by atoms with Crippen molar-refractivity contribution in [2.75, 3.05) is 11.4 Å². The van der Waals surface area contributed by atoms with Gasteiger partial charge in [-0.3, -0.25) is 0 Å². The first-order chi connectivity index (χ1) is 8.26. The summed E-state index contributed by atoms with van der Waals surface area (Å²) in [6.45, 7) is 5.62. The van der Waals surface area contributed by atoms with Crippen molar-refractivity contribution in [2.45, 2.75) is 51.6 Å². The maximum atomic E-state index is 6.04. The molecule has 0 bridgehead atoms. The predicted molar refractivity (Wildman–Crippen MR) is 74.3 cm³/mol. The van der Waals surface area contributed by atoms with Crippen molar-refractivity contribution in [3.63, 3.8) is 0 Å². The molecule has 1 fully saturated rings. The summed E-state index contributed by atoms with van der Waals surface area (Å²) in [7, 11) is 0. The number of anilines is 1. The standard InChI is InChI=1S/C15H24N2/c1-3-13-6-5-11-17(13)14-9-7-12(8-10-14)15(16)4-2/h7-10,13,15H,3-6,11,16H2,1-2H3. The molecule has 2 nitrogen and oxygen atoms in total. The monoisotopic (exact) mass is 232 g/mol. The van der Waals surface area contributed by atoms with Gasteiger partial charge in [0.05, 0.1) is 0 Å². The lowest BCUT2D eigenvalue weighted by Gasteiger charge is -2.26. The van der Waals surface area contributed by atoms with Gasteiger partial charge >= 0.3 is 0 Å². The van der Waals surface area contributed by atoms with Crippen LogP contribution < -0.4 is 10.6 Å². The third-order valence-electron chi connectivity index (χ3n) is 3.94. The molecule has 1 heterocycles. The van der Waals surface area contributed by atoms with Gasteiger partial charge in [0.2, 0.25) is 0 Å². The van der Waals surface area contributed by atoms with Gasteiger partial charge in [-0.15, -0.1) is 0 Å². The van der Waals surface area contributed by atoms with Crippen molar-refractivity contribution in [1.29, 1.82) is 0 Å². The zero-order chi connectivity index (χ0) is 12.3. The van der Waals surface area contributed by atoms with Crippen LogP contribution in [0.2, 0.25) is 0 Å². The summed E-state index contributed by atoms with van der Waals surface area (Å²) in [6, 6.07) is 9.77. The molecule has 2 N–H and O–H groups in total. The molecule has 1 aromatic rings. The summed E-state index contributed by atoms with van der Waals surface area (Å²) in [5.74, 6) is 0. The van der Waals surface area contributed by atoms with Gasteiger partial charge in [0.1, 0.15) is 0 Å². The molecule has 2 unspecified atom stereocenters. The minimum absolute atomic E-state index is 0.185. The zero-order valence-corrected chi connectivity index (χ0v) is 11.0. The number of rotatable bonds is 4. The summed E-state index contributed by atoms with van der Waals surface area (Å²) in [4.78, 5) is 2.54. The van der Waals surface area contributed by atoms with Crippen LogP contribution in [0.25, 0.3) is 0 Å². The molecule has 0 radical (unpaired) electrons. The maximum absolute atomic E-state index is 6.04. The lowest BCUT2D eigenvalue weighted by atomic mass is 10.0. The highest BCUT2D eigenvalue weighted by atomic mass is 15.2. The van der Waals surface area contributed by atoms with E-state index in [1.807, 2.05) is 0 Å². The molecule has 0 aliphatic carbocycles. The Morgan fingerprint density at radius 1 is 1.29 bits per heavy atom. The molecule has 0 saturated carbocycles. The van der Waals surface area contributed by atoms with Crippen LogP contribution in [0.5, 0.6) is 0 Å². The van der Waals surface area contributed by atoms with Gasteiger partial charge in [-0.25, -0.2) is 0 Å². The molecule has 0 spiro atoms. The van der Waals surface area contributed by atoms with Crippen molar-refractivity contribution in [3.05, 3.63) is 29.8 Å². The largest absolute Gasteiger partial charge is 0.369 e. The van der Waals surface area contributed by atoms with Crippen LogP contribution in [-0.2, 0) is 0 Å². The molecule has 2 atom stereocenters. The lowest BCUT2D eigenvalue weighted by molar-refractivity contribution is 0.645. The second-order valence-electron chi connectivity index (χ2n) is 5.00. The van der Waals surface area contributed by atoms with E-state index < -0.39 is 0 Å². The topological polar surface area (TPSA) is 29.3 Å². The second kappa shape index (κ2) is 5.54. The van der Waals surface area contributed by atoms with Crippen molar-refractivity contribution in [2.24, 2.45) is 5.73 Å². The van der Waals surface area contributed by atoms with E-state index in [4.69, 9.17) is 5.73 Å². The SMILES string of the molecule is CCC(N)c1ccc(N2CCCC2CC)cc1. The molecule has 1 aliphatic heterocycles. The molecule has 0 amide bonds. The van der Waals surface area contributed by atoms with E-state index in [0.29, 0.717) is 0 Å². The number of nitrogens with zero attached hydrogens (tertiary/aromatic N) is 1. The van der Waals surface area contributed by atoms with Gasteiger partial charge in [0.15, 0.2) is 0 Å².